The largest absolute Gasteiger partial charge is 0.639 e. The number of unbranched alkanes of at least 4 members (excludes halogenated alkanes) is 1. The van der Waals surface area contributed by atoms with Gasteiger partial charge < -0.3 is 9.31 Å². The van der Waals surface area contributed by atoms with Crippen LogP contribution in [0.1, 0.15) is 33.1 Å². The monoisotopic (exact) mass is 362 g/mol. The SMILES string of the molecule is CCCC=CC(CC)(OS(N)(=O)=O)B1OC(=O)CN(C)CC(=O)O1. The zero-order chi connectivity index (χ0) is 18.4. The summed E-state index contributed by atoms with van der Waals surface area (Å²) in [6, 6.07) is 0. The first kappa shape index (κ1) is 20.6. The van der Waals surface area contributed by atoms with Gasteiger partial charge in [0.05, 0.1) is 13.1 Å². The number of nitrogens with two attached hydrogens (primary N) is 1. The van der Waals surface area contributed by atoms with Crippen LogP contribution in [0.5, 0.6) is 0 Å². The van der Waals surface area contributed by atoms with Crippen LogP contribution in [-0.2, 0) is 33.4 Å². The number of hydrogen-bond donors (Lipinski definition) is 1. The molecular formula is C13H23BN2O7S. The summed E-state index contributed by atoms with van der Waals surface area (Å²) in [5.41, 5.74) is -1.72. The molecule has 1 fully saturated rings. The predicted molar refractivity (Wildman–Crippen MR) is 86.7 cm³/mol. The Morgan fingerprint density at radius 3 is 2.25 bits per heavy atom. The van der Waals surface area contributed by atoms with E-state index in [1.807, 2.05) is 6.92 Å². The van der Waals surface area contributed by atoms with E-state index in [-0.39, 0.29) is 19.5 Å². The Hall–Kier alpha value is -1.43. The molecule has 1 atom stereocenters. The van der Waals surface area contributed by atoms with Crippen molar-refractivity contribution in [1.82, 2.24) is 4.90 Å². The molecule has 0 amide bonds. The van der Waals surface area contributed by atoms with Crippen molar-refractivity contribution >= 4 is 29.4 Å². The molecular weight excluding hydrogens is 339 g/mol. The summed E-state index contributed by atoms with van der Waals surface area (Å²) < 4.78 is 38.2. The second kappa shape index (κ2) is 8.61. The van der Waals surface area contributed by atoms with E-state index in [0.717, 1.165) is 6.42 Å². The van der Waals surface area contributed by atoms with Gasteiger partial charge in [-0.2, -0.15) is 8.42 Å². The van der Waals surface area contributed by atoms with Crippen molar-refractivity contribution < 1.29 is 31.5 Å². The summed E-state index contributed by atoms with van der Waals surface area (Å²) in [4.78, 5) is 25.2. The highest BCUT2D eigenvalue weighted by molar-refractivity contribution is 7.84. The maximum absolute atomic E-state index is 11.9. The predicted octanol–water partition coefficient (Wildman–Crippen LogP) is -0.229. The molecule has 1 heterocycles. The fourth-order valence-electron chi connectivity index (χ4n) is 2.19. The number of nitrogens with zero attached hydrogens (tertiary/aromatic N) is 1. The minimum atomic E-state index is -4.39. The van der Waals surface area contributed by atoms with E-state index in [9.17, 15) is 18.0 Å². The Labute approximate surface area is 142 Å². The van der Waals surface area contributed by atoms with Crippen molar-refractivity contribution in [2.24, 2.45) is 5.14 Å². The molecule has 0 spiro atoms. The second-order valence-corrected chi connectivity index (χ2v) is 6.71. The van der Waals surface area contributed by atoms with E-state index in [0.29, 0.717) is 6.42 Å². The van der Waals surface area contributed by atoms with Crippen LogP contribution in [0.15, 0.2) is 12.2 Å². The van der Waals surface area contributed by atoms with Crippen molar-refractivity contribution in [3.8, 4) is 0 Å². The molecule has 1 saturated heterocycles. The number of carbonyl (C=O) groups is 2. The Balaban J connectivity index is 3.22. The molecule has 0 aromatic heterocycles. The highest BCUT2D eigenvalue weighted by atomic mass is 32.2. The van der Waals surface area contributed by atoms with Crippen LogP contribution in [0.2, 0.25) is 0 Å². The first-order valence-electron chi connectivity index (χ1n) is 7.60. The average Bonchev–Trinajstić information content (AvgIpc) is 2.42. The van der Waals surface area contributed by atoms with E-state index < -0.39 is 34.9 Å². The van der Waals surface area contributed by atoms with Gasteiger partial charge in [0.1, 0.15) is 0 Å². The molecule has 2 N–H and O–H groups in total. The first-order valence-corrected chi connectivity index (χ1v) is 9.07. The third-order valence-electron chi connectivity index (χ3n) is 3.35. The van der Waals surface area contributed by atoms with Crippen LogP contribution in [0.25, 0.3) is 0 Å². The van der Waals surface area contributed by atoms with Gasteiger partial charge in [-0.15, -0.1) is 0 Å². The Morgan fingerprint density at radius 1 is 1.29 bits per heavy atom. The van der Waals surface area contributed by atoms with Gasteiger partial charge in [-0.05, 0) is 19.9 Å². The van der Waals surface area contributed by atoms with Gasteiger partial charge in [0.2, 0.25) is 0 Å². The first-order chi connectivity index (χ1) is 11.1. The quantitative estimate of drug-likeness (QED) is 0.486. The molecule has 11 heteroatoms. The zero-order valence-corrected chi connectivity index (χ0v) is 14.9. The van der Waals surface area contributed by atoms with Crippen LogP contribution >= 0.6 is 0 Å². The van der Waals surface area contributed by atoms with Gasteiger partial charge in [-0.3, -0.25) is 14.5 Å². The van der Waals surface area contributed by atoms with Crippen LogP contribution in [0, 0.1) is 0 Å². The van der Waals surface area contributed by atoms with Crippen molar-refractivity contribution in [1.29, 1.82) is 0 Å². The lowest BCUT2D eigenvalue weighted by molar-refractivity contribution is -0.147. The maximum atomic E-state index is 11.9. The summed E-state index contributed by atoms with van der Waals surface area (Å²) in [7, 11) is -4.39. The molecule has 0 aromatic rings. The van der Waals surface area contributed by atoms with Crippen LogP contribution in [-0.4, -0.2) is 58.0 Å². The molecule has 24 heavy (non-hydrogen) atoms. The molecule has 0 saturated carbocycles. The summed E-state index contributed by atoms with van der Waals surface area (Å²) >= 11 is 0. The fraction of sp³-hybridized carbons (Fsp3) is 0.692. The van der Waals surface area contributed by atoms with Crippen LogP contribution < -0.4 is 5.14 Å². The maximum Gasteiger partial charge on any atom is 0.639 e. The topological polar surface area (TPSA) is 125 Å². The summed E-state index contributed by atoms with van der Waals surface area (Å²) in [5.74, 6) is -1.34. The van der Waals surface area contributed by atoms with Gasteiger partial charge in [0, 0.05) is 0 Å². The van der Waals surface area contributed by atoms with Crippen molar-refractivity contribution in [3.05, 3.63) is 12.2 Å². The van der Waals surface area contributed by atoms with Crippen LogP contribution in [0.3, 0.4) is 0 Å². The van der Waals surface area contributed by atoms with Gasteiger partial charge in [0.15, 0.2) is 5.50 Å². The molecule has 0 aliphatic carbocycles. The van der Waals surface area contributed by atoms with Gasteiger partial charge in [-0.1, -0.05) is 32.4 Å². The molecule has 136 valence electrons. The Bertz CT molecular complexity index is 575. The lowest BCUT2D eigenvalue weighted by Crippen LogP contribution is -2.56. The van der Waals surface area contributed by atoms with Gasteiger partial charge in [-0.25, -0.2) is 9.32 Å². The van der Waals surface area contributed by atoms with Crippen molar-refractivity contribution in [2.75, 3.05) is 20.1 Å². The highest BCUT2D eigenvalue weighted by Crippen LogP contribution is 2.26. The third kappa shape index (κ3) is 6.23. The molecule has 9 nitrogen and oxygen atoms in total. The van der Waals surface area contributed by atoms with Crippen LogP contribution in [0.4, 0.5) is 0 Å². The Kier molecular flexibility index (Phi) is 7.39. The van der Waals surface area contributed by atoms with E-state index in [1.165, 1.54) is 11.0 Å². The normalized spacial score (nSPS) is 20.2. The third-order valence-corrected chi connectivity index (χ3v) is 3.90. The highest BCUT2D eigenvalue weighted by Gasteiger charge is 2.53. The molecule has 1 unspecified atom stereocenters. The number of rotatable bonds is 7. The van der Waals surface area contributed by atoms with E-state index in [4.69, 9.17) is 18.6 Å². The number of carbonyl (C=O) groups excluding carboxylic acids is 2. The van der Waals surface area contributed by atoms with Crippen molar-refractivity contribution in [3.63, 3.8) is 0 Å². The summed E-state index contributed by atoms with van der Waals surface area (Å²) in [5, 5.41) is 5.00. The number of allylic oxidation sites excluding steroid dienone is 1. The lowest BCUT2D eigenvalue weighted by Gasteiger charge is -2.33. The molecule has 1 rings (SSSR count). The summed E-state index contributed by atoms with van der Waals surface area (Å²) in [6.07, 6.45) is 4.57. The summed E-state index contributed by atoms with van der Waals surface area (Å²) in [6.45, 7) is 3.26. The van der Waals surface area contributed by atoms with E-state index in [2.05, 4.69) is 0 Å². The molecule has 0 bridgehead atoms. The van der Waals surface area contributed by atoms with Gasteiger partial charge >= 0.3 is 29.4 Å². The number of likely N-dealkylation sites (N-methyl/N-ethyl adjacent to an activating group) is 1. The minimum absolute atomic E-state index is 0.0463. The van der Waals surface area contributed by atoms with Gasteiger partial charge in [0.25, 0.3) is 0 Å². The Morgan fingerprint density at radius 2 is 1.83 bits per heavy atom. The standard InChI is InChI=1S/C13H23BN2O7S/c1-4-6-7-8-13(5-2,23-24(15,19)20)14-21-11(17)9-16(3)10-12(18)22-14/h7-8H,4-6,9-10H2,1-3H3,(H2,15,19,20). The molecule has 1 aliphatic heterocycles. The average molecular weight is 362 g/mol. The van der Waals surface area contributed by atoms with E-state index >= 15 is 0 Å². The smallest absolute Gasteiger partial charge is 0.496 e. The van der Waals surface area contributed by atoms with Crippen molar-refractivity contribution in [2.45, 2.75) is 38.6 Å². The lowest BCUT2D eigenvalue weighted by atomic mass is 9.65. The second-order valence-electron chi connectivity index (χ2n) is 5.56. The molecule has 0 radical (unpaired) electrons. The van der Waals surface area contributed by atoms with E-state index in [1.54, 1.807) is 20.0 Å². The molecule has 0 aromatic carbocycles. The minimum Gasteiger partial charge on any atom is -0.496 e. The zero-order valence-electron chi connectivity index (χ0n) is 14.1. The fourth-order valence-corrected chi connectivity index (χ4v) is 2.87. The number of hydrogen-bond acceptors (Lipinski definition) is 8. The molecule has 1 aliphatic rings.